The molecule has 0 atom stereocenters. The fraction of sp³-hybridized carbons (Fsp3) is 0.0909. The summed E-state index contributed by atoms with van der Waals surface area (Å²) in [5, 5.41) is 8.49. The zero-order valence-electron chi connectivity index (χ0n) is 14.8. The zero-order chi connectivity index (χ0) is 18.9. The Bertz CT molecular complexity index is 878. The number of carbonyl (C=O) groups excluding carboxylic acids is 2. The molecule has 0 aliphatic heterocycles. The first kappa shape index (κ1) is 18.2. The molecule has 0 fully saturated rings. The molecule has 3 aromatic rings. The molecule has 0 saturated carbocycles. The Morgan fingerprint density at radius 3 is 1.85 bits per heavy atom. The molecule has 0 bridgehead atoms. The largest absolute Gasteiger partial charge is 0.356 e. The SMILES string of the molecule is O=C(NCCc1ccccc1)C(=O)Nc1ccc(Nc2ccccc2)cc1. The first-order valence-corrected chi connectivity index (χ1v) is 8.76. The summed E-state index contributed by atoms with van der Waals surface area (Å²) in [5.74, 6) is -1.32. The standard InChI is InChI=1S/C22H21N3O2/c26-21(23-16-15-17-7-3-1-4-8-17)22(27)25-20-13-11-19(12-14-20)24-18-9-5-2-6-10-18/h1-14,24H,15-16H2,(H,23,26)(H,25,27). The monoisotopic (exact) mass is 359 g/mol. The Morgan fingerprint density at radius 1 is 0.630 bits per heavy atom. The van der Waals surface area contributed by atoms with E-state index in [4.69, 9.17) is 0 Å². The minimum Gasteiger partial charge on any atom is -0.356 e. The van der Waals surface area contributed by atoms with Crippen LogP contribution in [0.2, 0.25) is 0 Å². The van der Waals surface area contributed by atoms with E-state index in [2.05, 4.69) is 16.0 Å². The number of benzene rings is 3. The van der Waals surface area contributed by atoms with Crippen LogP contribution in [0.15, 0.2) is 84.9 Å². The summed E-state index contributed by atoms with van der Waals surface area (Å²) < 4.78 is 0. The maximum absolute atomic E-state index is 12.0. The molecule has 3 aromatic carbocycles. The lowest BCUT2D eigenvalue weighted by atomic mass is 10.1. The van der Waals surface area contributed by atoms with Crippen molar-refractivity contribution in [3.05, 3.63) is 90.5 Å². The summed E-state index contributed by atoms with van der Waals surface area (Å²) in [6.45, 7) is 0.413. The molecule has 136 valence electrons. The van der Waals surface area contributed by atoms with Gasteiger partial charge in [-0.25, -0.2) is 0 Å². The van der Waals surface area contributed by atoms with Crippen LogP contribution in [0.3, 0.4) is 0 Å². The second-order valence-electron chi connectivity index (χ2n) is 6.01. The third-order valence-corrected chi connectivity index (χ3v) is 3.95. The van der Waals surface area contributed by atoms with Crippen molar-refractivity contribution in [1.29, 1.82) is 0 Å². The summed E-state index contributed by atoms with van der Waals surface area (Å²) in [7, 11) is 0. The lowest BCUT2D eigenvalue weighted by molar-refractivity contribution is -0.136. The molecule has 27 heavy (non-hydrogen) atoms. The van der Waals surface area contributed by atoms with E-state index in [0.717, 1.165) is 16.9 Å². The Morgan fingerprint density at radius 2 is 1.19 bits per heavy atom. The van der Waals surface area contributed by atoms with Crippen LogP contribution in [0, 0.1) is 0 Å². The molecule has 0 saturated heterocycles. The number of hydrogen-bond acceptors (Lipinski definition) is 3. The lowest BCUT2D eigenvalue weighted by Gasteiger charge is -2.09. The van der Waals surface area contributed by atoms with Crippen LogP contribution in [-0.4, -0.2) is 18.4 Å². The number of rotatable bonds is 6. The van der Waals surface area contributed by atoms with E-state index in [0.29, 0.717) is 18.7 Å². The molecule has 0 spiro atoms. The second kappa shape index (κ2) is 9.20. The number of para-hydroxylation sites is 1. The molecule has 5 heteroatoms. The first-order valence-electron chi connectivity index (χ1n) is 8.76. The predicted octanol–water partition coefficient (Wildman–Crippen LogP) is 3.73. The van der Waals surface area contributed by atoms with Gasteiger partial charge in [0.2, 0.25) is 0 Å². The van der Waals surface area contributed by atoms with Crippen molar-refractivity contribution in [3.63, 3.8) is 0 Å². The molecular weight excluding hydrogens is 338 g/mol. The summed E-state index contributed by atoms with van der Waals surface area (Å²) >= 11 is 0. The van der Waals surface area contributed by atoms with Crippen LogP contribution in [0.4, 0.5) is 17.1 Å². The van der Waals surface area contributed by atoms with E-state index in [-0.39, 0.29) is 0 Å². The normalized spacial score (nSPS) is 10.1. The van der Waals surface area contributed by atoms with Crippen LogP contribution in [0.5, 0.6) is 0 Å². The molecule has 2 amide bonds. The molecule has 0 aliphatic rings. The fourth-order valence-corrected chi connectivity index (χ4v) is 2.56. The number of carbonyl (C=O) groups is 2. The van der Waals surface area contributed by atoms with E-state index in [1.54, 1.807) is 12.1 Å². The second-order valence-corrected chi connectivity index (χ2v) is 6.01. The van der Waals surface area contributed by atoms with Crippen molar-refractivity contribution < 1.29 is 9.59 Å². The Balaban J connectivity index is 1.46. The highest BCUT2D eigenvalue weighted by atomic mass is 16.2. The maximum atomic E-state index is 12.0. The quantitative estimate of drug-likeness (QED) is 0.588. The first-order chi connectivity index (χ1) is 13.2. The van der Waals surface area contributed by atoms with Crippen molar-refractivity contribution in [2.45, 2.75) is 6.42 Å². The van der Waals surface area contributed by atoms with Gasteiger partial charge in [-0.15, -0.1) is 0 Å². The summed E-state index contributed by atoms with van der Waals surface area (Å²) in [6.07, 6.45) is 0.680. The van der Waals surface area contributed by atoms with E-state index in [1.807, 2.05) is 72.8 Å². The zero-order valence-corrected chi connectivity index (χ0v) is 14.8. The van der Waals surface area contributed by atoms with Gasteiger partial charge in [0.1, 0.15) is 0 Å². The molecule has 3 rings (SSSR count). The van der Waals surface area contributed by atoms with Crippen LogP contribution >= 0.6 is 0 Å². The smallest absolute Gasteiger partial charge is 0.313 e. The highest BCUT2D eigenvalue weighted by Crippen LogP contribution is 2.18. The number of amides is 2. The molecular formula is C22H21N3O2. The van der Waals surface area contributed by atoms with Crippen LogP contribution in [-0.2, 0) is 16.0 Å². The van der Waals surface area contributed by atoms with E-state index >= 15 is 0 Å². The Hall–Kier alpha value is -3.60. The van der Waals surface area contributed by atoms with E-state index in [9.17, 15) is 9.59 Å². The summed E-state index contributed by atoms with van der Waals surface area (Å²) in [4.78, 5) is 23.9. The molecule has 0 aliphatic carbocycles. The average molecular weight is 359 g/mol. The van der Waals surface area contributed by atoms with Gasteiger partial charge in [0, 0.05) is 23.6 Å². The lowest BCUT2D eigenvalue weighted by Crippen LogP contribution is -2.36. The predicted molar refractivity (Wildman–Crippen MR) is 108 cm³/mol. The van der Waals surface area contributed by atoms with Gasteiger partial charge in [0.25, 0.3) is 0 Å². The maximum Gasteiger partial charge on any atom is 0.313 e. The van der Waals surface area contributed by atoms with Crippen LogP contribution in [0.1, 0.15) is 5.56 Å². The molecule has 0 radical (unpaired) electrons. The van der Waals surface area contributed by atoms with Crippen molar-refractivity contribution >= 4 is 28.9 Å². The van der Waals surface area contributed by atoms with Gasteiger partial charge in [0.05, 0.1) is 0 Å². The van der Waals surface area contributed by atoms with Gasteiger partial charge in [0.15, 0.2) is 0 Å². The Kier molecular flexibility index (Phi) is 6.20. The Labute approximate surface area is 158 Å². The minimum absolute atomic E-state index is 0.413. The van der Waals surface area contributed by atoms with Gasteiger partial charge in [-0.05, 0) is 48.4 Å². The third-order valence-electron chi connectivity index (χ3n) is 3.95. The minimum atomic E-state index is -0.674. The summed E-state index contributed by atoms with van der Waals surface area (Å²) in [5.41, 5.74) is 3.55. The van der Waals surface area contributed by atoms with E-state index < -0.39 is 11.8 Å². The molecule has 0 unspecified atom stereocenters. The van der Waals surface area contributed by atoms with Gasteiger partial charge >= 0.3 is 11.8 Å². The molecule has 5 nitrogen and oxygen atoms in total. The topological polar surface area (TPSA) is 70.2 Å². The third kappa shape index (κ3) is 5.71. The summed E-state index contributed by atoms with van der Waals surface area (Å²) in [6, 6.07) is 26.8. The molecule has 0 heterocycles. The van der Waals surface area contributed by atoms with Crippen molar-refractivity contribution in [2.24, 2.45) is 0 Å². The van der Waals surface area contributed by atoms with Crippen molar-refractivity contribution in [3.8, 4) is 0 Å². The van der Waals surface area contributed by atoms with Crippen LogP contribution in [0.25, 0.3) is 0 Å². The van der Waals surface area contributed by atoms with Crippen LogP contribution < -0.4 is 16.0 Å². The number of nitrogens with one attached hydrogen (secondary N) is 3. The highest BCUT2D eigenvalue weighted by molar-refractivity contribution is 6.39. The molecule has 3 N–H and O–H groups in total. The average Bonchev–Trinajstić information content (AvgIpc) is 2.71. The van der Waals surface area contributed by atoms with Gasteiger partial charge in [-0.3, -0.25) is 9.59 Å². The van der Waals surface area contributed by atoms with E-state index in [1.165, 1.54) is 0 Å². The van der Waals surface area contributed by atoms with Crippen molar-refractivity contribution in [2.75, 3.05) is 17.2 Å². The number of hydrogen-bond donors (Lipinski definition) is 3. The fourth-order valence-electron chi connectivity index (χ4n) is 2.56. The van der Waals surface area contributed by atoms with Gasteiger partial charge in [-0.2, -0.15) is 0 Å². The number of anilines is 3. The highest BCUT2D eigenvalue weighted by Gasteiger charge is 2.13. The molecule has 0 aromatic heterocycles. The van der Waals surface area contributed by atoms with Gasteiger partial charge in [-0.1, -0.05) is 48.5 Å². The van der Waals surface area contributed by atoms with Crippen molar-refractivity contribution in [1.82, 2.24) is 5.32 Å². The van der Waals surface area contributed by atoms with Gasteiger partial charge < -0.3 is 16.0 Å².